The van der Waals surface area contributed by atoms with Gasteiger partial charge in [0.2, 0.25) is 10.0 Å². The van der Waals surface area contributed by atoms with Crippen LogP contribution in [0.3, 0.4) is 0 Å². The van der Waals surface area contributed by atoms with Gasteiger partial charge >= 0.3 is 0 Å². The van der Waals surface area contributed by atoms with Gasteiger partial charge in [-0.25, -0.2) is 13.1 Å². The molecule has 4 nitrogen and oxygen atoms in total. The van der Waals surface area contributed by atoms with Crippen LogP contribution in [-0.4, -0.2) is 25.7 Å². The van der Waals surface area contributed by atoms with Crippen LogP contribution in [0.25, 0.3) is 0 Å². The largest absolute Gasteiger partial charge is 0.391 e. The monoisotopic (exact) mass is 323 g/mol. The lowest BCUT2D eigenvalue weighted by molar-refractivity contribution is 0.101. The van der Waals surface area contributed by atoms with Crippen LogP contribution >= 0.6 is 23.2 Å². The molecule has 1 aliphatic carbocycles. The molecule has 1 aliphatic rings. The third-order valence-corrected chi connectivity index (χ3v) is 5.43. The van der Waals surface area contributed by atoms with Gasteiger partial charge in [-0.2, -0.15) is 0 Å². The number of sulfonamides is 1. The molecular weight excluding hydrogens is 309 g/mol. The first-order valence-electron chi connectivity index (χ1n) is 6.05. The summed E-state index contributed by atoms with van der Waals surface area (Å²) in [5.74, 6) is 0. The Hall–Kier alpha value is -0.330. The second kappa shape index (κ2) is 5.97. The minimum Gasteiger partial charge on any atom is -0.391 e. The third-order valence-electron chi connectivity index (χ3n) is 3.22. The molecule has 0 heterocycles. The predicted octanol–water partition coefficient (Wildman–Crippen LogP) is 2.58. The highest BCUT2D eigenvalue weighted by atomic mass is 35.5. The van der Waals surface area contributed by atoms with Crippen molar-refractivity contribution in [3.8, 4) is 0 Å². The molecule has 0 radical (unpaired) electrons. The first-order chi connectivity index (χ1) is 8.90. The summed E-state index contributed by atoms with van der Waals surface area (Å²) in [6, 6.07) is 3.81. The second-order valence-electron chi connectivity index (χ2n) is 4.65. The van der Waals surface area contributed by atoms with Gasteiger partial charge in [0.1, 0.15) is 4.90 Å². The minimum atomic E-state index is -3.77. The predicted molar refractivity (Wildman–Crippen MR) is 75.0 cm³/mol. The van der Waals surface area contributed by atoms with Crippen molar-refractivity contribution < 1.29 is 13.5 Å². The van der Waals surface area contributed by atoms with Crippen LogP contribution in [-0.2, 0) is 10.0 Å². The molecule has 2 N–H and O–H groups in total. The van der Waals surface area contributed by atoms with Crippen LogP contribution < -0.4 is 4.72 Å². The van der Waals surface area contributed by atoms with Gasteiger partial charge in [0.05, 0.1) is 11.1 Å². The van der Waals surface area contributed by atoms with Gasteiger partial charge in [0, 0.05) is 11.1 Å². The summed E-state index contributed by atoms with van der Waals surface area (Å²) in [5, 5.41) is 10.2. The Balaban J connectivity index is 2.24. The molecule has 0 saturated heterocycles. The number of nitrogens with one attached hydrogen (secondary N) is 1. The molecule has 0 aromatic heterocycles. The molecule has 1 fully saturated rings. The molecule has 1 aromatic carbocycles. The van der Waals surface area contributed by atoms with Crippen molar-refractivity contribution in [2.45, 2.75) is 42.7 Å². The standard InChI is InChI=1S/C12H15Cl2NO3S/c13-8-5-6-9(14)12(7-8)19(17,18)15-10-3-1-2-4-11(10)16/h5-7,10-11,15-16H,1-4H2. The Bertz CT molecular complexity index is 562. The van der Waals surface area contributed by atoms with Gasteiger partial charge in [-0.3, -0.25) is 0 Å². The Morgan fingerprint density at radius 2 is 1.89 bits per heavy atom. The molecular formula is C12H15Cl2NO3S. The highest BCUT2D eigenvalue weighted by Gasteiger charge is 2.29. The number of benzene rings is 1. The van der Waals surface area contributed by atoms with E-state index in [1.807, 2.05) is 0 Å². The fourth-order valence-corrected chi connectivity index (χ4v) is 4.26. The van der Waals surface area contributed by atoms with Crippen LogP contribution in [0.15, 0.2) is 23.1 Å². The van der Waals surface area contributed by atoms with E-state index >= 15 is 0 Å². The van der Waals surface area contributed by atoms with Gasteiger partial charge in [-0.1, -0.05) is 36.0 Å². The van der Waals surface area contributed by atoms with Crippen molar-refractivity contribution in [2.24, 2.45) is 0 Å². The van der Waals surface area contributed by atoms with Crippen molar-refractivity contribution in [1.82, 2.24) is 4.72 Å². The maximum absolute atomic E-state index is 12.3. The number of hydrogen-bond donors (Lipinski definition) is 2. The number of aliphatic hydroxyl groups is 1. The molecule has 0 bridgehead atoms. The summed E-state index contributed by atoms with van der Waals surface area (Å²) in [4.78, 5) is -0.0561. The molecule has 1 saturated carbocycles. The molecule has 0 aliphatic heterocycles. The summed E-state index contributed by atoms with van der Waals surface area (Å²) < 4.78 is 27.0. The van der Waals surface area contributed by atoms with Crippen molar-refractivity contribution >= 4 is 33.2 Å². The van der Waals surface area contributed by atoms with Gasteiger partial charge in [0.25, 0.3) is 0 Å². The molecule has 2 unspecified atom stereocenters. The van der Waals surface area contributed by atoms with E-state index in [-0.39, 0.29) is 9.92 Å². The quantitative estimate of drug-likeness (QED) is 0.898. The maximum Gasteiger partial charge on any atom is 0.242 e. The zero-order valence-electron chi connectivity index (χ0n) is 10.1. The molecule has 2 atom stereocenters. The van der Waals surface area contributed by atoms with Gasteiger partial charge in [-0.05, 0) is 31.0 Å². The van der Waals surface area contributed by atoms with E-state index in [1.165, 1.54) is 18.2 Å². The van der Waals surface area contributed by atoms with E-state index in [1.54, 1.807) is 0 Å². The summed E-state index contributed by atoms with van der Waals surface area (Å²) >= 11 is 11.7. The highest BCUT2D eigenvalue weighted by molar-refractivity contribution is 7.89. The summed E-state index contributed by atoms with van der Waals surface area (Å²) in [6.45, 7) is 0. The molecule has 0 spiro atoms. The molecule has 106 valence electrons. The van der Waals surface area contributed by atoms with Crippen molar-refractivity contribution in [3.63, 3.8) is 0 Å². The van der Waals surface area contributed by atoms with E-state index in [0.29, 0.717) is 17.9 Å². The van der Waals surface area contributed by atoms with Crippen LogP contribution in [0.4, 0.5) is 0 Å². The lowest BCUT2D eigenvalue weighted by Gasteiger charge is -2.28. The topological polar surface area (TPSA) is 66.4 Å². The molecule has 1 aromatic rings. The summed E-state index contributed by atoms with van der Waals surface area (Å²) in [5.41, 5.74) is 0. The average Bonchev–Trinajstić information content (AvgIpc) is 2.35. The fraction of sp³-hybridized carbons (Fsp3) is 0.500. The summed E-state index contributed by atoms with van der Waals surface area (Å²) in [6.07, 6.45) is 2.39. The Morgan fingerprint density at radius 3 is 2.58 bits per heavy atom. The molecule has 0 amide bonds. The van der Waals surface area contributed by atoms with E-state index in [4.69, 9.17) is 23.2 Å². The molecule has 2 rings (SSSR count). The van der Waals surface area contributed by atoms with Crippen molar-refractivity contribution in [1.29, 1.82) is 0 Å². The Kier molecular flexibility index (Phi) is 4.74. The first-order valence-corrected chi connectivity index (χ1v) is 8.29. The fourth-order valence-electron chi connectivity index (χ4n) is 2.19. The zero-order valence-corrected chi connectivity index (χ0v) is 12.5. The molecule has 19 heavy (non-hydrogen) atoms. The lowest BCUT2D eigenvalue weighted by Crippen LogP contribution is -2.45. The highest BCUT2D eigenvalue weighted by Crippen LogP contribution is 2.26. The van der Waals surface area contributed by atoms with E-state index in [2.05, 4.69) is 4.72 Å². The van der Waals surface area contributed by atoms with Crippen molar-refractivity contribution in [3.05, 3.63) is 28.2 Å². The number of hydrogen-bond acceptors (Lipinski definition) is 3. The SMILES string of the molecule is O=S(=O)(NC1CCCCC1O)c1cc(Cl)ccc1Cl. The smallest absolute Gasteiger partial charge is 0.242 e. The third kappa shape index (κ3) is 3.61. The van der Waals surface area contributed by atoms with Crippen LogP contribution in [0, 0.1) is 0 Å². The number of halogens is 2. The zero-order chi connectivity index (χ0) is 14.0. The van der Waals surface area contributed by atoms with E-state index in [9.17, 15) is 13.5 Å². The number of rotatable bonds is 3. The van der Waals surface area contributed by atoms with E-state index < -0.39 is 22.2 Å². The van der Waals surface area contributed by atoms with Gasteiger partial charge < -0.3 is 5.11 Å². The van der Waals surface area contributed by atoms with Crippen LogP contribution in [0.5, 0.6) is 0 Å². The summed E-state index contributed by atoms with van der Waals surface area (Å²) in [7, 11) is -3.77. The Labute approximate surface area is 122 Å². The van der Waals surface area contributed by atoms with Gasteiger partial charge in [0.15, 0.2) is 0 Å². The first kappa shape index (κ1) is 15.1. The van der Waals surface area contributed by atoms with Crippen molar-refractivity contribution in [2.75, 3.05) is 0 Å². The lowest BCUT2D eigenvalue weighted by atomic mass is 9.93. The average molecular weight is 324 g/mol. The second-order valence-corrected chi connectivity index (χ2v) is 7.18. The van der Waals surface area contributed by atoms with Gasteiger partial charge in [-0.15, -0.1) is 0 Å². The Morgan fingerprint density at radius 1 is 1.21 bits per heavy atom. The molecule has 7 heteroatoms. The van der Waals surface area contributed by atoms with E-state index in [0.717, 1.165) is 12.8 Å². The minimum absolute atomic E-state index is 0.0561. The maximum atomic E-state index is 12.3. The normalized spacial score (nSPS) is 24.4. The number of aliphatic hydroxyl groups excluding tert-OH is 1. The van der Waals surface area contributed by atoms with Crippen LogP contribution in [0.1, 0.15) is 25.7 Å². The van der Waals surface area contributed by atoms with Crippen LogP contribution in [0.2, 0.25) is 10.0 Å².